The molecule has 0 fully saturated rings. The van der Waals surface area contributed by atoms with Gasteiger partial charge < -0.3 is 11.5 Å². The third-order valence-corrected chi connectivity index (χ3v) is 1.21. The molecular formula is C7H9LiN2. The van der Waals surface area contributed by atoms with Crippen LogP contribution in [0.25, 0.3) is 0 Å². The minimum atomic E-state index is 0. The van der Waals surface area contributed by atoms with E-state index in [2.05, 4.69) is 6.07 Å². The van der Waals surface area contributed by atoms with Crippen LogP contribution in [0.3, 0.4) is 0 Å². The molecule has 3 heteroatoms. The Kier molecular flexibility index (Phi) is 3.35. The number of benzene rings is 1. The molecule has 0 unspecified atom stereocenters. The first-order chi connectivity index (χ1) is 4.20. The van der Waals surface area contributed by atoms with E-state index >= 15 is 0 Å². The van der Waals surface area contributed by atoms with E-state index in [0.717, 1.165) is 5.56 Å². The minimum absolute atomic E-state index is 0. The molecule has 4 N–H and O–H groups in total. The first-order valence-corrected chi connectivity index (χ1v) is 2.73. The van der Waals surface area contributed by atoms with Gasteiger partial charge in [-0.2, -0.15) is 12.1 Å². The molecule has 0 amide bonds. The number of hydrogen-bond donors (Lipinski definition) is 2. The van der Waals surface area contributed by atoms with Gasteiger partial charge in [-0.1, -0.05) is 18.3 Å². The van der Waals surface area contributed by atoms with Crippen LogP contribution in [0.1, 0.15) is 5.56 Å². The van der Waals surface area contributed by atoms with E-state index in [-0.39, 0.29) is 18.9 Å². The van der Waals surface area contributed by atoms with Crippen LogP contribution < -0.4 is 30.3 Å². The second-order valence-electron chi connectivity index (χ2n) is 2.01. The predicted molar refractivity (Wildman–Crippen MR) is 38.8 cm³/mol. The average molecular weight is 128 g/mol. The summed E-state index contributed by atoms with van der Waals surface area (Å²) in [6.45, 7) is 1.90. The number of aryl methyl sites for hydroxylation is 1. The van der Waals surface area contributed by atoms with E-state index in [9.17, 15) is 0 Å². The van der Waals surface area contributed by atoms with Gasteiger partial charge in [-0.3, -0.25) is 0 Å². The Labute approximate surface area is 72.8 Å². The summed E-state index contributed by atoms with van der Waals surface area (Å²) in [6.07, 6.45) is 0. The molecule has 0 saturated carbocycles. The van der Waals surface area contributed by atoms with Crippen molar-refractivity contribution in [2.45, 2.75) is 6.92 Å². The smallest absolute Gasteiger partial charge is 0.449 e. The summed E-state index contributed by atoms with van der Waals surface area (Å²) in [5, 5.41) is 0. The molecule has 0 aliphatic carbocycles. The second kappa shape index (κ2) is 3.55. The molecule has 0 atom stereocenters. The van der Waals surface area contributed by atoms with Gasteiger partial charge in [-0.15, -0.1) is 11.6 Å². The summed E-state index contributed by atoms with van der Waals surface area (Å²) in [5.74, 6) is 0. The zero-order chi connectivity index (χ0) is 6.85. The van der Waals surface area contributed by atoms with Gasteiger partial charge in [0.1, 0.15) is 0 Å². The third-order valence-electron chi connectivity index (χ3n) is 1.21. The molecule has 0 bridgehead atoms. The van der Waals surface area contributed by atoms with Gasteiger partial charge in [-0.05, 0) is 0 Å². The molecular weight excluding hydrogens is 119 g/mol. The van der Waals surface area contributed by atoms with Crippen LogP contribution in [0, 0.1) is 13.0 Å². The quantitative estimate of drug-likeness (QED) is 0.240. The average Bonchev–Trinajstić information content (AvgIpc) is 1.80. The SMILES string of the molecule is Cc1[c-]cc(N)cc1N.[Li+]. The second-order valence-corrected chi connectivity index (χ2v) is 2.01. The first kappa shape index (κ1) is 9.42. The molecule has 0 aliphatic heterocycles. The van der Waals surface area contributed by atoms with Crippen molar-refractivity contribution in [3.63, 3.8) is 0 Å². The maximum atomic E-state index is 5.51. The van der Waals surface area contributed by atoms with E-state index in [1.165, 1.54) is 0 Å². The summed E-state index contributed by atoms with van der Waals surface area (Å²) < 4.78 is 0. The molecule has 0 saturated heterocycles. The number of nitrogens with two attached hydrogens (primary N) is 2. The van der Waals surface area contributed by atoms with Gasteiger partial charge in [0.05, 0.1) is 0 Å². The molecule has 0 aliphatic rings. The van der Waals surface area contributed by atoms with Crippen molar-refractivity contribution in [3.05, 3.63) is 23.8 Å². The standard InChI is InChI=1S/C7H9N2.Li/c1-5-2-3-6(8)4-7(5)9;/h3-4H,8-9H2,1H3;/q-1;+1. The molecule has 1 aromatic carbocycles. The fraction of sp³-hybridized carbons (Fsp3) is 0.143. The number of rotatable bonds is 0. The van der Waals surface area contributed by atoms with Gasteiger partial charge in [-0.25, -0.2) is 0 Å². The Bertz CT molecular complexity index is 223. The third kappa shape index (κ3) is 1.98. The van der Waals surface area contributed by atoms with E-state index in [4.69, 9.17) is 11.5 Å². The van der Waals surface area contributed by atoms with Gasteiger partial charge in [0.15, 0.2) is 0 Å². The Morgan fingerprint density at radius 2 is 2.00 bits per heavy atom. The molecule has 1 rings (SSSR count). The molecule has 1 aromatic rings. The largest absolute Gasteiger partial charge is 1.00 e. The van der Waals surface area contributed by atoms with E-state index in [1.807, 2.05) is 6.92 Å². The monoisotopic (exact) mass is 128 g/mol. The molecule has 0 spiro atoms. The van der Waals surface area contributed by atoms with Crippen molar-refractivity contribution in [2.75, 3.05) is 11.5 Å². The Morgan fingerprint density at radius 3 is 2.40 bits per heavy atom. The van der Waals surface area contributed by atoms with Crippen molar-refractivity contribution >= 4 is 11.4 Å². The van der Waals surface area contributed by atoms with Crippen molar-refractivity contribution in [1.29, 1.82) is 0 Å². The van der Waals surface area contributed by atoms with E-state index in [0.29, 0.717) is 11.4 Å². The van der Waals surface area contributed by atoms with Crippen molar-refractivity contribution in [2.24, 2.45) is 0 Å². The maximum absolute atomic E-state index is 5.51. The zero-order valence-corrected chi connectivity index (χ0v) is 6.31. The molecule has 2 nitrogen and oxygen atoms in total. The molecule has 48 valence electrons. The normalized spacial score (nSPS) is 8.50. The summed E-state index contributed by atoms with van der Waals surface area (Å²) in [7, 11) is 0. The van der Waals surface area contributed by atoms with Gasteiger partial charge in [0, 0.05) is 0 Å². The minimum Gasteiger partial charge on any atom is -0.449 e. The molecule has 0 aromatic heterocycles. The summed E-state index contributed by atoms with van der Waals surface area (Å²) >= 11 is 0. The van der Waals surface area contributed by atoms with E-state index < -0.39 is 0 Å². The van der Waals surface area contributed by atoms with Crippen LogP contribution >= 0.6 is 0 Å². The van der Waals surface area contributed by atoms with Gasteiger partial charge in [0.2, 0.25) is 0 Å². The van der Waals surface area contributed by atoms with Gasteiger partial charge >= 0.3 is 18.9 Å². The number of anilines is 2. The molecule has 0 heterocycles. The van der Waals surface area contributed by atoms with Crippen LogP contribution in [0.5, 0.6) is 0 Å². The van der Waals surface area contributed by atoms with Crippen molar-refractivity contribution in [3.8, 4) is 0 Å². The van der Waals surface area contributed by atoms with Crippen LogP contribution in [0.4, 0.5) is 11.4 Å². The Hall–Kier alpha value is -0.583. The van der Waals surface area contributed by atoms with Crippen LogP contribution in [-0.4, -0.2) is 0 Å². The van der Waals surface area contributed by atoms with Crippen molar-refractivity contribution < 1.29 is 18.9 Å². The summed E-state index contributed by atoms with van der Waals surface area (Å²) in [4.78, 5) is 0. The van der Waals surface area contributed by atoms with Crippen LogP contribution in [0.15, 0.2) is 12.1 Å². The first-order valence-electron chi connectivity index (χ1n) is 2.73. The molecule has 10 heavy (non-hydrogen) atoms. The predicted octanol–water partition coefficient (Wildman–Crippen LogP) is -2.04. The Morgan fingerprint density at radius 1 is 1.40 bits per heavy atom. The summed E-state index contributed by atoms with van der Waals surface area (Å²) in [6, 6.07) is 6.36. The fourth-order valence-corrected chi connectivity index (χ4v) is 0.604. The molecule has 0 radical (unpaired) electrons. The maximum Gasteiger partial charge on any atom is 1.00 e. The number of hydrogen-bond acceptors (Lipinski definition) is 2. The zero-order valence-electron chi connectivity index (χ0n) is 6.31. The van der Waals surface area contributed by atoms with Gasteiger partial charge in [0.25, 0.3) is 0 Å². The van der Waals surface area contributed by atoms with Crippen LogP contribution in [0.2, 0.25) is 0 Å². The topological polar surface area (TPSA) is 52.0 Å². The Balaban J connectivity index is 0.000000810. The van der Waals surface area contributed by atoms with Crippen molar-refractivity contribution in [1.82, 2.24) is 0 Å². The number of nitrogen functional groups attached to an aromatic ring is 2. The van der Waals surface area contributed by atoms with Crippen LogP contribution in [-0.2, 0) is 0 Å². The van der Waals surface area contributed by atoms with E-state index in [1.54, 1.807) is 12.1 Å². The summed E-state index contributed by atoms with van der Waals surface area (Å²) in [5.41, 5.74) is 13.2. The fourth-order valence-electron chi connectivity index (χ4n) is 0.604.